The molecule has 8 nitrogen and oxygen atoms in total. The zero-order valence-corrected chi connectivity index (χ0v) is 14.2. The number of carbonyl (C=O) groups is 1. The molecule has 0 fully saturated rings. The maximum Gasteiger partial charge on any atom is 0.294 e. The van der Waals surface area contributed by atoms with Crippen LogP contribution in [0.4, 0.5) is 11.4 Å². The van der Waals surface area contributed by atoms with E-state index < -0.39 is 27.1 Å². The highest BCUT2D eigenvalue weighted by Crippen LogP contribution is 2.41. The molecule has 1 heterocycles. The molecule has 0 amide bonds. The molecule has 1 aliphatic carbocycles. The fourth-order valence-electron chi connectivity index (χ4n) is 2.72. The SMILES string of the molecule is O=C1c2cc(N(O)O)c(Cl)c([N+](=O)[O-])c2CCc2cc(Br)cnc21. The van der Waals surface area contributed by atoms with E-state index >= 15 is 0 Å². The number of hydrogen-bond donors (Lipinski definition) is 2. The summed E-state index contributed by atoms with van der Waals surface area (Å²) in [5.74, 6) is -0.534. The van der Waals surface area contributed by atoms with Gasteiger partial charge in [0.05, 0.1) is 4.92 Å². The van der Waals surface area contributed by atoms with Crippen LogP contribution in [-0.2, 0) is 12.8 Å². The number of halogens is 2. The minimum Gasteiger partial charge on any atom is -0.287 e. The summed E-state index contributed by atoms with van der Waals surface area (Å²) in [6.45, 7) is 0. The van der Waals surface area contributed by atoms with Crippen molar-refractivity contribution >= 4 is 44.7 Å². The van der Waals surface area contributed by atoms with Gasteiger partial charge < -0.3 is 0 Å². The summed E-state index contributed by atoms with van der Waals surface area (Å²) in [6, 6.07) is 2.84. The van der Waals surface area contributed by atoms with E-state index in [1.54, 1.807) is 6.07 Å². The summed E-state index contributed by atoms with van der Waals surface area (Å²) in [5, 5.41) is 29.1. The van der Waals surface area contributed by atoms with E-state index in [0.29, 0.717) is 16.5 Å². The number of nitrogens with zero attached hydrogens (tertiary/aromatic N) is 3. The van der Waals surface area contributed by atoms with Crippen molar-refractivity contribution in [2.45, 2.75) is 12.8 Å². The monoisotopic (exact) mass is 413 g/mol. The van der Waals surface area contributed by atoms with Gasteiger partial charge in [-0.25, -0.2) is 0 Å². The second kappa shape index (κ2) is 6.10. The van der Waals surface area contributed by atoms with Crippen molar-refractivity contribution in [2.24, 2.45) is 0 Å². The molecule has 1 aliphatic rings. The number of aryl methyl sites for hydroxylation is 1. The molecule has 0 aliphatic heterocycles. The van der Waals surface area contributed by atoms with Crippen LogP contribution in [0.15, 0.2) is 22.8 Å². The summed E-state index contributed by atoms with van der Waals surface area (Å²) in [6.07, 6.45) is 2.01. The van der Waals surface area contributed by atoms with Crippen LogP contribution >= 0.6 is 27.5 Å². The molecule has 3 rings (SSSR count). The topological polar surface area (TPSA) is 117 Å². The Kier molecular flexibility index (Phi) is 4.26. The highest BCUT2D eigenvalue weighted by molar-refractivity contribution is 9.10. The smallest absolute Gasteiger partial charge is 0.287 e. The third-order valence-corrected chi connectivity index (χ3v) is 4.57. The minimum atomic E-state index is -0.735. The summed E-state index contributed by atoms with van der Waals surface area (Å²) >= 11 is 9.21. The van der Waals surface area contributed by atoms with Crippen molar-refractivity contribution < 1.29 is 20.1 Å². The summed E-state index contributed by atoms with van der Waals surface area (Å²) in [4.78, 5) is 27.6. The number of nitro groups is 1. The molecule has 10 heteroatoms. The average Bonchev–Trinajstić information content (AvgIpc) is 2.63. The molecule has 0 saturated carbocycles. The fraction of sp³-hybridized carbons (Fsp3) is 0.143. The first-order chi connectivity index (χ1) is 11.3. The Morgan fingerprint density at radius 3 is 2.67 bits per heavy atom. The van der Waals surface area contributed by atoms with Crippen molar-refractivity contribution in [3.05, 3.63) is 60.3 Å². The van der Waals surface area contributed by atoms with E-state index in [2.05, 4.69) is 20.9 Å². The maximum absolute atomic E-state index is 12.8. The number of aromatic nitrogens is 1. The molecular weight excluding hydrogens is 406 g/mol. The zero-order chi connectivity index (χ0) is 17.6. The van der Waals surface area contributed by atoms with Gasteiger partial charge in [0, 0.05) is 21.8 Å². The van der Waals surface area contributed by atoms with Gasteiger partial charge in [0.15, 0.2) is 0 Å². The second-order valence-corrected chi connectivity index (χ2v) is 6.41. The summed E-state index contributed by atoms with van der Waals surface area (Å²) < 4.78 is 0.685. The number of ketones is 1. The molecule has 0 spiro atoms. The normalized spacial score (nSPS) is 13.1. The molecule has 24 heavy (non-hydrogen) atoms. The molecule has 2 aromatic rings. The molecule has 0 radical (unpaired) electrons. The van der Waals surface area contributed by atoms with Crippen LogP contribution in [0.2, 0.25) is 5.02 Å². The van der Waals surface area contributed by atoms with Crippen molar-refractivity contribution in [1.82, 2.24) is 4.98 Å². The van der Waals surface area contributed by atoms with Crippen LogP contribution < -0.4 is 5.23 Å². The van der Waals surface area contributed by atoms with Gasteiger partial charge in [-0.2, -0.15) is 0 Å². The van der Waals surface area contributed by atoms with E-state index in [9.17, 15) is 25.3 Å². The predicted molar refractivity (Wildman–Crippen MR) is 86.9 cm³/mol. The van der Waals surface area contributed by atoms with Crippen LogP contribution in [0.5, 0.6) is 0 Å². The van der Waals surface area contributed by atoms with Crippen molar-refractivity contribution in [1.29, 1.82) is 0 Å². The van der Waals surface area contributed by atoms with Gasteiger partial charge in [0.25, 0.3) is 5.69 Å². The lowest BCUT2D eigenvalue weighted by atomic mass is 9.98. The van der Waals surface area contributed by atoms with Gasteiger partial charge in [0.1, 0.15) is 16.4 Å². The number of benzene rings is 1. The lowest BCUT2D eigenvalue weighted by molar-refractivity contribution is -0.385. The Bertz CT molecular complexity index is 887. The molecule has 2 N–H and O–H groups in total. The number of fused-ring (bicyclic) bond motifs is 2. The number of carbonyl (C=O) groups excluding carboxylic acids is 1. The van der Waals surface area contributed by atoms with E-state index in [-0.39, 0.29) is 28.5 Å². The molecular formula is C14H9BrClN3O5. The maximum atomic E-state index is 12.8. The Balaban J connectivity index is 2.31. The molecule has 0 atom stereocenters. The number of nitro benzene ring substituents is 1. The molecule has 1 aromatic heterocycles. The summed E-state index contributed by atoms with van der Waals surface area (Å²) in [7, 11) is 0. The molecule has 124 valence electrons. The number of hydrogen-bond acceptors (Lipinski definition) is 7. The molecule has 0 bridgehead atoms. The first-order valence-electron chi connectivity index (χ1n) is 6.68. The van der Waals surface area contributed by atoms with E-state index in [1.165, 1.54) is 6.20 Å². The zero-order valence-electron chi connectivity index (χ0n) is 11.9. The highest BCUT2D eigenvalue weighted by Gasteiger charge is 2.33. The molecule has 0 saturated heterocycles. The standard InChI is InChI=1S/C14H9BrClN3O5/c15-7-3-6-1-2-8-9(14(20)12(6)17-5-7)4-10(18(21)22)11(16)13(8)19(23)24/h3-5,21-22H,1-2H2. The Morgan fingerprint density at radius 1 is 1.33 bits per heavy atom. The Hall–Kier alpha value is -2.07. The summed E-state index contributed by atoms with van der Waals surface area (Å²) in [5.41, 5.74) is -0.0321. The largest absolute Gasteiger partial charge is 0.294 e. The van der Waals surface area contributed by atoms with Crippen LogP contribution in [0.1, 0.15) is 27.2 Å². The first kappa shape index (κ1) is 16.8. The van der Waals surface area contributed by atoms with Crippen LogP contribution in [-0.4, -0.2) is 26.1 Å². The quantitative estimate of drug-likeness (QED) is 0.572. The Morgan fingerprint density at radius 2 is 2.04 bits per heavy atom. The van der Waals surface area contributed by atoms with Gasteiger partial charge in [-0.1, -0.05) is 11.6 Å². The van der Waals surface area contributed by atoms with Gasteiger partial charge in [0.2, 0.25) is 5.78 Å². The van der Waals surface area contributed by atoms with Crippen molar-refractivity contribution in [3.63, 3.8) is 0 Å². The molecule has 0 unspecified atom stereocenters. The number of anilines is 1. The number of rotatable bonds is 2. The van der Waals surface area contributed by atoms with Crippen LogP contribution in [0.25, 0.3) is 0 Å². The van der Waals surface area contributed by atoms with E-state index in [0.717, 1.165) is 6.07 Å². The van der Waals surface area contributed by atoms with Gasteiger partial charge in [-0.3, -0.25) is 30.3 Å². The van der Waals surface area contributed by atoms with Crippen molar-refractivity contribution in [3.8, 4) is 0 Å². The first-order valence-corrected chi connectivity index (χ1v) is 7.85. The van der Waals surface area contributed by atoms with E-state index in [4.69, 9.17) is 11.6 Å². The lowest BCUT2D eigenvalue weighted by Gasteiger charge is -2.14. The minimum absolute atomic E-state index is 0.0252. The highest BCUT2D eigenvalue weighted by atomic mass is 79.9. The third kappa shape index (κ3) is 2.65. The lowest BCUT2D eigenvalue weighted by Crippen LogP contribution is -2.15. The van der Waals surface area contributed by atoms with Crippen LogP contribution in [0, 0.1) is 10.1 Å². The fourth-order valence-corrected chi connectivity index (χ4v) is 3.42. The second-order valence-electron chi connectivity index (χ2n) is 5.12. The van der Waals surface area contributed by atoms with Gasteiger partial charge >= 0.3 is 0 Å². The van der Waals surface area contributed by atoms with Gasteiger partial charge in [-0.15, -0.1) is 5.23 Å². The number of pyridine rings is 1. The molecule has 1 aromatic carbocycles. The average molecular weight is 415 g/mol. The Labute approximate surface area is 148 Å². The van der Waals surface area contributed by atoms with Gasteiger partial charge in [-0.05, 0) is 46.5 Å². The predicted octanol–water partition coefficient (Wildman–Crippen LogP) is 3.32. The van der Waals surface area contributed by atoms with E-state index in [1.807, 2.05) is 0 Å². The van der Waals surface area contributed by atoms with Crippen molar-refractivity contribution in [2.75, 3.05) is 5.23 Å². The third-order valence-electron chi connectivity index (χ3n) is 3.76. The van der Waals surface area contributed by atoms with Crippen LogP contribution in [0.3, 0.4) is 0 Å².